The number of benzene rings is 1. The zero-order valence-electron chi connectivity index (χ0n) is 15.1. The van der Waals surface area contributed by atoms with Crippen molar-refractivity contribution in [2.75, 3.05) is 13.1 Å². The number of amides is 1. The summed E-state index contributed by atoms with van der Waals surface area (Å²) in [5.41, 5.74) is 7.42. The molecule has 28 heavy (non-hydrogen) atoms. The van der Waals surface area contributed by atoms with Crippen LogP contribution in [-0.4, -0.2) is 34.5 Å². The average Bonchev–Trinajstić information content (AvgIpc) is 3.30. The molecule has 1 aliphatic heterocycles. The highest BCUT2D eigenvalue weighted by molar-refractivity contribution is 7.16. The number of nitrogens with one attached hydrogen (secondary N) is 2. The highest BCUT2D eigenvalue weighted by Gasteiger charge is 2.47. The van der Waals surface area contributed by atoms with E-state index < -0.39 is 11.6 Å². The summed E-state index contributed by atoms with van der Waals surface area (Å²) in [6.45, 7) is 1.12. The van der Waals surface area contributed by atoms with Crippen LogP contribution in [0.25, 0.3) is 17.0 Å². The lowest BCUT2D eigenvalue weighted by Gasteiger charge is -2.33. The Morgan fingerprint density at radius 1 is 1.39 bits per heavy atom. The molecular formula is C20H20ClN5OS. The molecule has 144 valence electrons. The first-order valence-electron chi connectivity index (χ1n) is 8.99. The fraction of sp³-hybridized carbons (Fsp3) is 0.250. The molecule has 6 nitrogen and oxygen atoms in total. The SMILES string of the molecule is NC(c1ccc2cncnc2c1)[C@@]1(NCC=Cc2ccc(Cl)s2)CCNC1=O. The standard InChI is InChI=1S/C20H20ClN5OS/c21-17-6-5-15(28-17)2-1-8-26-20(7-9-24-19(20)27)18(22)13-3-4-14-11-23-12-25-16(14)10-13/h1-6,10-12,18,26H,7-9,22H2,(H,24,27)/t18?,20-/m0/s1. The summed E-state index contributed by atoms with van der Waals surface area (Å²) in [5, 5.41) is 7.24. The largest absolute Gasteiger partial charge is 0.354 e. The number of nitrogens with two attached hydrogens (primary N) is 1. The summed E-state index contributed by atoms with van der Waals surface area (Å²) in [7, 11) is 0. The molecular weight excluding hydrogens is 394 g/mol. The molecule has 1 fully saturated rings. The fourth-order valence-electron chi connectivity index (χ4n) is 3.52. The molecule has 4 rings (SSSR count). The predicted octanol–water partition coefficient (Wildman–Crippen LogP) is 2.91. The van der Waals surface area contributed by atoms with Gasteiger partial charge in [-0.05, 0) is 36.3 Å². The van der Waals surface area contributed by atoms with E-state index in [0.29, 0.717) is 19.5 Å². The number of carbonyl (C=O) groups is 1. The van der Waals surface area contributed by atoms with Gasteiger partial charge < -0.3 is 11.1 Å². The lowest BCUT2D eigenvalue weighted by Crippen LogP contribution is -2.58. The molecule has 4 N–H and O–H groups in total. The third-order valence-corrected chi connectivity index (χ3v) is 6.24. The lowest BCUT2D eigenvalue weighted by atomic mass is 9.84. The van der Waals surface area contributed by atoms with Crippen LogP contribution in [0.15, 0.2) is 48.9 Å². The summed E-state index contributed by atoms with van der Waals surface area (Å²) in [6, 6.07) is 9.13. The van der Waals surface area contributed by atoms with E-state index >= 15 is 0 Å². The molecule has 3 heterocycles. The number of nitrogens with zero attached hydrogens (tertiary/aromatic N) is 2. The summed E-state index contributed by atoms with van der Waals surface area (Å²) in [4.78, 5) is 22.1. The Bertz CT molecular complexity index is 1040. The van der Waals surface area contributed by atoms with Gasteiger partial charge in [-0.3, -0.25) is 10.1 Å². The van der Waals surface area contributed by atoms with Crippen molar-refractivity contribution < 1.29 is 4.79 Å². The van der Waals surface area contributed by atoms with Crippen LogP contribution >= 0.6 is 22.9 Å². The van der Waals surface area contributed by atoms with Gasteiger partial charge >= 0.3 is 0 Å². The maximum absolute atomic E-state index is 12.7. The van der Waals surface area contributed by atoms with Crippen molar-refractivity contribution in [2.45, 2.75) is 18.0 Å². The van der Waals surface area contributed by atoms with E-state index in [4.69, 9.17) is 17.3 Å². The molecule has 1 aromatic carbocycles. The number of hydrogen-bond acceptors (Lipinski definition) is 6. The predicted molar refractivity (Wildman–Crippen MR) is 113 cm³/mol. The second-order valence-corrected chi connectivity index (χ2v) is 8.47. The number of halogens is 1. The second-order valence-electron chi connectivity index (χ2n) is 6.72. The number of thiophene rings is 1. The van der Waals surface area contributed by atoms with Crippen LogP contribution in [0.3, 0.4) is 0 Å². The Morgan fingerprint density at radius 3 is 3.04 bits per heavy atom. The molecule has 0 saturated carbocycles. The molecule has 1 saturated heterocycles. The van der Waals surface area contributed by atoms with Gasteiger partial charge in [0, 0.05) is 29.5 Å². The Morgan fingerprint density at radius 2 is 2.29 bits per heavy atom. The van der Waals surface area contributed by atoms with Gasteiger partial charge in [0.1, 0.15) is 11.9 Å². The minimum absolute atomic E-state index is 0.0737. The van der Waals surface area contributed by atoms with E-state index in [9.17, 15) is 4.79 Å². The van der Waals surface area contributed by atoms with Gasteiger partial charge in [0.15, 0.2) is 0 Å². The fourth-order valence-corrected chi connectivity index (χ4v) is 4.51. The Balaban J connectivity index is 1.55. The first kappa shape index (κ1) is 19.0. The zero-order valence-corrected chi connectivity index (χ0v) is 16.6. The number of fused-ring (bicyclic) bond motifs is 1. The van der Waals surface area contributed by atoms with Gasteiger partial charge in [0.25, 0.3) is 0 Å². The summed E-state index contributed by atoms with van der Waals surface area (Å²) >= 11 is 7.47. The van der Waals surface area contributed by atoms with Crippen LogP contribution in [0.4, 0.5) is 0 Å². The van der Waals surface area contributed by atoms with Gasteiger partial charge in [-0.25, -0.2) is 9.97 Å². The van der Waals surface area contributed by atoms with Gasteiger partial charge in [-0.15, -0.1) is 11.3 Å². The van der Waals surface area contributed by atoms with Crippen molar-refractivity contribution in [3.8, 4) is 0 Å². The molecule has 0 spiro atoms. The maximum atomic E-state index is 12.7. The Kier molecular flexibility index (Phi) is 5.41. The van der Waals surface area contributed by atoms with Crippen molar-refractivity contribution >= 4 is 45.8 Å². The monoisotopic (exact) mass is 413 g/mol. The van der Waals surface area contributed by atoms with Crippen LogP contribution in [0.1, 0.15) is 22.9 Å². The highest BCUT2D eigenvalue weighted by atomic mass is 35.5. The van der Waals surface area contributed by atoms with Crippen LogP contribution in [0.2, 0.25) is 4.34 Å². The number of hydrogen-bond donors (Lipinski definition) is 3. The van der Waals surface area contributed by atoms with Crippen molar-refractivity contribution in [1.29, 1.82) is 0 Å². The third kappa shape index (κ3) is 3.66. The lowest BCUT2D eigenvalue weighted by molar-refractivity contribution is -0.125. The summed E-state index contributed by atoms with van der Waals surface area (Å²) in [5.74, 6) is -0.0737. The minimum atomic E-state index is -0.863. The van der Waals surface area contributed by atoms with E-state index in [1.54, 1.807) is 6.20 Å². The summed E-state index contributed by atoms with van der Waals surface area (Å²) in [6.07, 6.45) is 7.86. The molecule has 3 aromatic rings. The Hall–Kier alpha value is -2.32. The first-order valence-corrected chi connectivity index (χ1v) is 10.2. The molecule has 8 heteroatoms. The highest BCUT2D eigenvalue weighted by Crippen LogP contribution is 2.31. The Labute approximate surface area is 171 Å². The van der Waals surface area contributed by atoms with E-state index in [1.165, 1.54) is 17.7 Å². The molecule has 0 aliphatic carbocycles. The normalized spacial score (nSPS) is 20.7. The summed E-state index contributed by atoms with van der Waals surface area (Å²) < 4.78 is 0.751. The number of rotatable bonds is 6. The second kappa shape index (κ2) is 7.97. The minimum Gasteiger partial charge on any atom is -0.354 e. The van der Waals surface area contributed by atoms with E-state index in [-0.39, 0.29) is 5.91 Å². The van der Waals surface area contributed by atoms with Gasteiger partial charge in [0.2, 0.25) is 5.91 Å². The number of aromatic nitrogens is 2. The zero-order chi connectivity index (χ0) is 19.6. The van der Waals surface area contributed by atoms with Gasteiger partial charge in [0.05, 0.1) is 15.9 Å². The van der Waals surface area contributed by atoms with E-state index in [2.05, 4.69) is 20.6 Å². The van der Waals surface area contributed by atoms with Gasteiger partial charge in [-0.2, -0.15) is 0 Å². The van der Waals surface area contributed by atoms with Gasteiger partial charge in [-0.1, -0.05) is 29.8 Å². The van der Waals surface area contributed by atoms with Crippen molar-refractivity contribution in [1.82, 2.24) is 20.6 Å². The van der Waals surface area contributed by atoms with Crippen LogP contribution in [-0.2, 0) is 4.79 Å². The molecule has 0 bridgehead atoms. The average molecular weight is 414 g/mol. The first-order chi connectivity index (χ1) is 13.6. The van der Waals surface area contributed by atoms with Crippen molar-refractivity contribution in [3.63, 3.8) is 0 Å². The molecule has 2 atom stereocenters. The number of carbonyl (C=O) groups excluding carboxylic acids is 1. The molecule has 1 aliphatic rings. The topological polar surface area (TPSA) is 92.9 Å². The van der Waals surface area contributed by atoms with E-state index in [0.717, 1.165) is 25.7 Å². The third-order valence-electron chi connectivity index (χ3n) is 5.04. The molecule has 1 amide bonds. The molecule has 1 unspecified atom stereocenters. The van der Waals surface area contributed by atoms with Crippen LogP contribution in [0, 0.1) is 0 Å². The van der Waals surface area contributed by atoms with E-state index in [1.807, 2.05) is 42.5 Å². The van der Waals surface area contributed by atoms with Crippen molar-refractivity contribution in [3.05, 3.63) is 63.7 Å². The van der Waals surface area contributed by atoms with Crippen LogP contribution < -0.4 is 16.4 Å². The quantitative estimate of drug-likeness (QED) is 0.577. The smallest absolute Gasteiger partial charge is 0.242 e. The maximum Gasteiger partial charge on any atom is 0.242 e. The van der Waals surface area contributed by atoms with Crippen molar-refractivity contribution in [2.24, 2.45) is 5.73 Å². The molecule has 2 aromatic heterocycles. The molecule has 0 radical (unpaired) electrons. The van der Waals surface area contributed by atoms with Crippen LogP contribution in [0.5, 0.6) is 0 Å².